The first-order chi connectivity index (χ1) is 6.22. The van der Waals surface area contributed by atoms with Crippen molar-refractivity contribution in [1.29, 1.82) is 0 Å². The summed E-state index contributed by atoms with van der Waals surface area (Å²) in [6.45, 7) is 9.34. The number of rotatable bonds is 5. The van der Waals surface area contributed by atoms with Gasteiger partial charge in [0.1, 0.15) is 0 Å². The molecule has 0 aliphatic heterocycles. The third-order valence-corrected chi connectivity index (χ3v) is 3.34. The summed E-state index contributed by atoms with van der Waals surface area (Å²) >= 11 is 0. The maximum absolute atomic E-state index is 13.3. The molecule has 0 aromatic carbocycles. The van der Waals surface area contributed by atoms with Crippen LogP contribution in [0.5, 0.6) is 0 Å². The van der Waals surface area contributed by atoms with Crippen molar-refractivity contribution in [2.45, 2.75) is 39.9 Å². The second-order valence-corrected chi connectivity index (χ2v) is 8.69. The zero-order chi connectivity index (χ0) is 11.4. The summed E-state index contributed by atoms with van der Waals surface area (Å²) in [5, 5.41) is 0. The SMILES string of the molecule is CC(C)COC(=O)C(C)C[Si](C)(C)F. The van der Waals surface area contributed by atoms with Crippen molar-refractivity contribution in [3.63, 3.8) is 0 Å². The van der Waals surface area contributed by atoms with Crippen LogP contribution in [0.1, 0.15) is 20.8 Å². The minimum Gasteiger partial charge on any atom is -0.465 e. The molecule has 0 saturated heterocycles. The lowest BCUT2D eigenvalue weighted by Crippen LogP contribution is -2.27. The lowest BCUT2D eigenvalue weighted by atomic mass is 10.2. The Morgan fingerprint density at radius 2 is 1.86 bits per heavy atom. The highest BCUT2D eigenvalue weighted by Gasteiger charge is 2.28. The van der Waals surface area contributed by atoms with Crippen molar-refractivity contribution in [2.75, 3.05) is 6.61 Å². The Balaban J connectivity index is 3.88. The van der Waals surface area contributed by atoms with E-state index in [-0.39, 0.29) is 11.9 Å². The van der Waals surface area contributed by atoms with Crippen molar-refractivity contribution >= 4 is 14.4 Å². The zero-order valence-corrected chi connectivity index (χ0v) is 10.8. The second kappa shape index (κ2) is 5.49. The number of esters is 1. The Labute approximate surface area is 87.0 Å². The molecule has 0 heterocycles. The van der Waals surface area contributed by atoms with Gasteiger partial charge in [-0.2, -0.15) is 0 Å². The molecule has 0 radical (unpaired) electrons. The van der Waals surface area contributed by atoms with Crippen molar-refractivity contribution < 1.29 is 13.6 Å². The van der Waals surface area contributed by atoms with Crippen molar-refractivity contribution in [2.24, 2.45) is 11.8 Å². The van der Waals surface area contributed by atoms with Gasteiger partial charge in [-0.25, -0.2) is 0 Å². The van der Waals surface area contributed by atoms with Crippen LogP contribution in [-0.2, 0) is 9.53 Å². The van der Waals surface area contributed by atoms with Gasteiger partial charge in [0.25, 0.3) is 0 Å². The molecule has 0 N–H and O–H groups in total. The molecule has 0 aliphatic rings. The normalized spacial score (nSPS) is 14.2. The predicted molar refractivity (Wildman–Crippen MR) is 58.4 cm³/mol. The van der Waals surface area contributed by atoms with Gasteiger partial charge in [-0.1, -0.05) is 20.8 Å². The third kappa shape index (κ3) is 7.06. The summed E-state index contributed by atoms with van der Waals surface area (Å²) in [7, 11) is -2.64. The van der Waals surface area contributed by atoms with Crippen LogP contribution in [0.2, 0.25) is 19.1 Å². The summed E-state index contributed by atoms with van der Waals surface area (Å²) in [5.74, 6) is -0.237. The fourth-order valence-electron chi connectivity index (χ4n) is 1.20. The van der Waals surface area contributed by atoms with Gasteiger partial charge in [0.05, 0.1) is 12.5 Å². The molecule has 2 nitrogen and oxygen atoms in total. The molecule has 1 unspecified atom stereocenters. The second-order valence-electron chi connectivity index (χ2n) is 4.85. The number of hydrogen-bond acceptors (Lipinski definition) is 2. The van der Waals surface area contributed by atoms with Gasteiger partial charge in [0.2, 0.25) is 8.41 Å². The van der Waals surface area contributed by atoms with Crippen molar-refractivity contribution in [3.8, 4) is 0 Å². The van der Waals surface area contributed by atoms with E-state index in [1.807, 2.05) is 13.8 Å². The number of carbonyl (C=O) groups excluding carboxylic acids is 1. The molecule has 0 amide bonds. The molecule has 0 bridgehead atoms. The highest BCUT2D eigenvalue weighted by atomic mass is 28.4. The topological polar surface area (TPSA) is 26.3 Å². The number of hydrogen-bond donors (Lipinski definition) is 0. The molecule has 1 atom stereocenters. The Morgan fingerprint density at radius 3 is 2.21 bits per heavy atom. The number of ether oxygens (including phenoxy) is 1. The maximum Gasteiger partial charge on any atom is 0.308 e. The first-order valence-corrected chi connectivity index (χ1v) is 8.16. The fraction of sp³-hybridized carbons (Fsp3) is 0.900. The summed E-state index contributed by atoms with van der Waals surface area (Å²) in [4.78, 5) is 11.4. The highest BCUT2D eigenvalue weighted by molar-refractivity contribution is 6.70. The Bertz CT molecular complexity index is 187. The monoisotopic (exact) mass is 220 g/mol. The fourth-order valence-corrected chi connectivity index (χ4v) is 2.83. The number of carbonyl (C=O) groups is 1. The van der Waals surface area contributed by atoms with Gasteiger partial charge >= 0.3 is 5.97 Å². The number of halogens is 1. The summed E-state index contributed by atoms with van der Waals surface area (Å²) in [6, 6.07) is 0.351. The molecule has 0 saturated carbocycles. The highest BCUT2D eigenvalue weighted by Crippen LogP contribution is 2.19. The molecule has 0 aliphatic carbocycles. The molecular weight excluding hydrogens is 199 g/mol. The first-order valence-electron chi connectivity index (χ1n) is 5.08. The van der Waals surface area contributed by atoms with Gasteiger partial charge in [-0.05, 0) is 25.1 Å². The van der Waals surface area contributed by atoms with Gasteiger partial charge in [0.15, 0.2) is 0 Å². The molecule has 14 heavy (non-hydrogen) atoms. The van der Waals surface area contributed by atoms with Crippen LogP contribution in [-0.4, -0.2) is 21.0 Å². The van der Waals surface area contributed by atoms with E-state index < -0.39 is 8.41 Å². The molecular formula is C10H21FO2Si. The summed E-state index contributed by atoms with van der Waals surface area (Å²) < 4.78 is 18.4. The van der Waals surface area contributed by atoms with E-state index in [2.05, 4.69) is 0 Å². The molecule has 0 spiro atoms. The van der Waals surface area contributed by atoms with E-state index in [0.29, 0.717) is 18.6 Å². The van der Waals surface area contributed by atoms with Crippen LogP contribution in [0.25, 0.3) is 0 Å². The van der Waals surface area contributed by atoms with Crippen LogP contribution < -0.4 is 0 Å². The molecule has 0 aromatic heterocycles. The van der Waals surface area contributed by atoms with Crippen molar-refractivity contribution in [3.05, 3.63) is 0 Å². The van der Waals surface area contributed by atoms with Crippen LogP contribution in [0.15, 0.2) is 0 Å². The maximum atomic E-state index is 13.3. The van der Waals surface area contributed by atoms with Gasteiger partial charge in [-0.3, -0.25) is 4.79 Å². The van der Waals surface area contributed by atoms with Gasteiger partial charge in [-0.15, -0.1) is 0 Å². The van der Waals surface area contributed by atoms with Crippen LogP contribution in [0, 0.1) is 11.8 Å². The Hall–Kier alpha value is -0.383. The van der Waals surface area contributed by atoms with E-state index in [1.54, 1.807) is 20.0 Å². The molecule has 84 valence electrons. The Morgan fingerprint density at radius 1 is 1.36 bits per heavy atom. The standard InChI is InChI=1S/C10H21FO2Si/c1-8(2)6-13-10(12)9(3)7-14(4,5)11/h8-9H,6-7H2,1-5H3. The van der Waals surface area contributed by atoms with E-state index in [0.717, 1.165) is 0 Å². The Kier molecular flexibility index (Phi) is 5.34. The van der Waals surface area contributed by atoms with Crippen LogP contribution >= 0.6 is 0 Å². The molecule has 0 rings (SSSR count). The van der Waals surface area contributed by atoms with Crippen molar-refractivity contribution in [1.82, 2.24) is 0 Å². The van der Waals surface area contributed by atoms with E-state index >= 15 is 0 Å². The predicted octanol–water partition coefficient (Wildman–Crippen LogP) is 3.00. The summed E-state index contributed by atoms with van der Waals surface area (Å²) in [5.41, 5.74) is 0. The van der Waals surface area contributed by atoms with Gasteiger partial charge < -0.3 is 8.84 Å². The average molecular weight is 220 g/mol. The smallest absolute Gasteiger partial charge is 0.308 e. The van der Waals surface area contributed by atoms with E-state index in [1.165, 1.54) is 0 Å². The zero-order valence-electron chi connectivity index (χ0n) is 9.76. The van der Waals surface area contributed by atoms with E-state index in [9.17, 15) is 8.90 Å². The quantitative estimate of drug-likeness (QED) is 0.404. The molecule has 0 aromatic rings. The molecule has 0 fully saturated rings. The van der Waals surface area contributed by atoms with E-state index in [4.69, 9.17) is 4.74 Å². The minimum absolute atomic E-state index is 0.267. The lowest BCUT2D eigenvalue weighted by molar-refractivity contribution is -0.148. The van der Waals surface area contributed by atoms with Gasteiger partial charge in [0, 0.05) is 0 Å². The first kappa shape index (κ1) is 13.6. The largest absolute Gasteiger partial charge is 0.465 e. The minimum atomic E-state index is -2.64. The van der Waals surface area contributed by atoms with Crippen LogP contribution in [0.3, 0.4) is 0 Å². The molecule has 4 heteroatoms. The average Bonchev–Trinajstić information content (AvgIpc) is 1.96. The summed E-state index contributed by atoms with van der Waals surface area (Å²) in [6.07, 6.45) is 0. The third-order valence-electron chi connectivity index (χ3n) is 1.75. The lowest BCUT2D eigenvalue weighted by Gasteiger charge is -2.17. The van der Waals surface area contributed by atoms with Crippen LogP contribution in [0.4, 0.5) is 4.11 Å².